The Morgan fingerprint density at radius 1 is 1.03 bits per heavy atom. The molecule has 0 aliphatic rings. The SMILES string of the molecule is CCc1c(-c2ccc(O)cc2)c2c(C(=O)N(C)CCN(C)C)cc3cccc1n32. The number of hydrogen-bond donors (Lipinski definition) is 1. The minimum absolute atomic E-state index is 0.0325. The third-order valence-electron chi connectivity index (χ3n) is 5.61. The van der Waals surface area contributed by atoms with Gasteiger partial charge in [0.1, 0.15) is 5.75 Å². The normalized spacial score (nSPS) is 11.8. The first-order chi connectivity index (χ1) is 13.9. The molecule has 0 bridgehead atoms. The largest absolute Gasteiger partial charge is 0.508 e. The van der Waals surface area contributed by atoms with Gasteiger partial charge in [0.15, 0.2) is 0 Å². The quantitative estimate of drug-likeness (QED) is 0.540. The number of rotatable bonds is 6. The molecule has 0 aliphatic carbocycles. The van der Waals surface area contributed by atoms with E-state index in [2.05, 4.69) is 28.4 Å². The molecule has 3 aromatic heterocycles. The van der Waals surface area contributed by atoms with Crippen molar-refractivity contribution in [2.45, 2.75) is 13.3 Å². The third-order valence-corrected chi connectivity index (χ3v) is 5.61. The highest BCUT2D eigenvalue weighted by Crippen LogP contribution is 2.40. The van der Waals surface area contributed by atoms with E-state index in [1.54, 1.807) is 17.0 Å². The minimum atomic E-state index is 0.0325. The molecule has 0 saturated heterocycles. The van der Waals surface area contributed by atoms with E-state index in [4.69, 9.17) is 0 Å². The summed E-state index contributed by atoms with van der Waals surface area (Å²) in [6, 6.07) is 15.5. The Bertz CT molecular complexity index is 1160. The van der Waals surface area contributed by atoms with Gasteiger partial charge < -0.3 is 19.3 Å². The molecule has 0 saturated carbocycles. The van der Waals surface area contributed by atoms with Crippen molar-refractivity contribution in [1.29, 1.82) is 0 Å². The summed E-state index contributed by atoms with van der Waals surface area (Å²) >= 11 is 0. The third kappa shape index (κ3) is 3.21. The zero-order chi connectivity index (χ0) is 20.7. The summed E-state index contributed by atoms with van der Waals surface area (Å²) in [6.07, 6.45) is 0.862. The maximum absolute atomic E-state index is 13.4. The summed E-state index contributed by atoms with van der Waals surface area (Å²) < 4.78 is 2.20. The first kappa shape index (κ1) is 19.3. The number of phenolic OH excluding ortho intramolecular Hbond substituents is 1. The predicted molar refractivity (Wildman–Crippen MR) is 118 cm³/mol. The molecule has 0 aliphatic heterocycles. The van der Waals surface area contributed by atoms with E-state index in [0.717, 1.165) is 46.2 Å². The smallest absolute Gasteiger partial charge is 0.255 e. The molecule has 0 fully saturated rings. The molecule has 4 aromatic rings. The van der Waals surface area contributed by atoms with E-state index < -0.39 is 0 Å². The molecule has 5 nitrogen and oxygen atoms in total. The summed E-state index contributed by atoms with van der Waals surface area (Å²) in [6.45, 7) is 3.63. The van der Waals surface area contributed by atoms with Crippen molar-refractivity contribution < 1.29 is 9.90 Å². The summed E-state index contributed by atoms with van der Waals surface area (Å²) in [5.74, 6) is 0.271. The van der Waals surface area contributed by atoms with Crippen LogP contribution in [0.15, 0.2) is 48.5 Å². The van der Waals surface area contributed by atoms with Gasteiger partial charge in [0, 0.05) is 31.2 Å². The predicted octanol–water partition coefficient (Wildman–Crippen LogP) is 4.10. The highest BCUT2D eigenvalue weighted by atomic mass is 16.3. The van der Waals surface area contributed by atoms with Gasteiger partial charge in [0.25, 0.3) is 5.91 Å². The van der Waals surface area contributed by atoms with Crippen molar-refractivity contribution in [1.82, 2.24) is 14.2 Å². The topological polar surface area (TPSA) is 48.2 Å². The van der Waals surface area contributed by atoms with Crippen molar-refractivity contribution in [2.75, 3.05) is 34.2 Å². The van der Waals surface area contributed by atoms with Crippen LogP contribution in [-0.4, -0.2) is 59.4 Å². The van der Waals surface area contributed by atoms with Crippen molar-refractivity contribution in [3.63, 3.8) is 0 Å². The fourth-order valence-corrected chi connectivity index (χ4v) is 4.10. The Labute approximate surface area is 171 Å². The van der Waals surface area contributed by atoms with Crippen LogP contribution in [0.4, 0.5) is 0 Å². The molecule has 1 aromatic carbocycles. The van der Waals surface area contributed by atoms with Crippen LogP contribution < -0.4 is 0 Å². The highest BCUT2D eigenvalue weighted by molar-refractivity contribution is 6.10. The minimum Gasteiger partial charge on any atom is -0.508 e. The fourth-order valence-electron chi connectivity index (χ4n) is 4.10. The second-order valence-corrected chi connectivity index (χ2v) is 7.86. The lowest BCUT2D eigenvalue weighted by atomic mass is 9.98. The maximum Gasteiger partial charge on any atom is 0.255 e. The van der Waals surface area contributed by atoms with Crippen LogP contribution in [0.25, 0.3) is 27.7 Å². The van der Waals surface area contributed by atoms with E-state index in [0.29, 0.717) is 6.54 Å². The second-order valence-electron chi connectivity index (χ2n) is 7.86. The van der Waals surface area contributed by atoms with Crippen LogP contribution in [0.1, 0.15) is 22.8 Å². The lowest BCUT2D eigenvalue weighted by Crippen LogP contribution is -2.33. The Morgan fingerprint density at radius 3 is 2.41 bits per heavy atom. The van der Waals surface area contributed by atoms with Crippen molar-refractivity contribution >= 4 is 22.5 Å². The second kappa shape index (κ2) is 7.41. The fraction of sp³-hybridized carbons (Fsp3) is 0.292. The highest BCUT2D eigenvalue weighted by Gasteiger charge is 2.25. The molecule has 0 unspecified atom stereocenters. The summed E-state index contributed by atoms with van der Waals surface area (Å²) in [4.78, 5) is 17.3. The van der Waals surface area contributed by atoms with E-state index in [9.17, 15) is 9.90 Å². The van der Waals surface area contributed by atoms with Gasteiger partial charge in [-0.15, -0.1) is 0 Å². The van der Waals surface area contributed by atoms with Gasteiger partial charge >= 0.3 is 0 Å². The molecule has 1 N–H and O–H groups in total. The van der Waals surface area contributed by atoms with Crippen molar-refractivity contribution in [3.05, 3.63) is 59.7 Å². The van der Waals surface area contributed by atoms with Crippen LogP contribution in [0.3, 0.4) is 0 Å². The number of hydrogen-bond acceptors (Lipinski definition) is 3. The van der Waals surface area contributed by atoms with Gasteiger partial charge in [-0.3, -0.25) is 4.79 Å². The zero-order valence-corrected chi connectivity index (χ0v) is 17.4. The number of benzene rings is 1. The van der Waals surface area contributed by atoms with E-state index >= 15 is 0 Å². The molecule has 0 spiro atoms. The van der Waals surface area contributed by atoms with Gasteiger partial charge in [0.2, 0.25) is 0 Å². The van der Waals surface area contributed by atoms with Crippen molar-refractivity contribution in [2.24, 2.45) is 0 Å². The van der Waals surface area contributed by atoms with Crippen LogP contribution in [0.2, 0.25) is 0 Å². The molecule has 0 radical (unpaired) electrons. The van der Waals surface area contributed by atoms with E-state index in [1.165, 1.54) is 5.56 Å². The molecular weight excluding hydrogens is 362 g/mol. The van der Waals surface area contributed by atoms with Gasteiger partial charge in [0.05, 0.1) is 16.6 Å². The first-order valence-electron chi connectivity index (χ1n) is 10.00. The average Bonchev–Trinajstić information content (AvgIpc) is 3.25. The van der Waals surface area contributed by atoms with Gasteiger partial charge in [-0.1, -0.05) is 25.1 Å². The number of phenols is 1. The number of carbonyl (C=O) groups excluding carboxylic acids is 1. The molecular formula is C24H27N3O2. The number of nitrogens with zero attached hydrogens (tertiary/aromatic N) is 3. The molecule has 29 heavy (non-hydrogen) atoms. The number of amides is 1. The molecule has 150 valence electrons. The summed E-state index contributed by atoms with van der Waals surface area (Å²) in [7, 11) is 5.88. The van der Waals surface area contributed by atoms with Crippen LogP contribution in [0.5, 0.6) is 5.75 Å². The Balaban J connectivity index is 1.95. The summed E-state index contributed by atoms with van der Waals surface area (Å²) in [5.41, 5.74) is 7.17. The molecule has 4 rings (SSSR count). The van der Waals surface area contributed by atoms with Crippen LogP contribution in [-0.2, 0) is 6.42 Å². The molecule has 5 heteroatoms. The number of carbonyl (C=O) groups is 1. The molecule has 3 heterocycles. The van der Waals surface area contributed by atoms with E-state index in [-0.39, 0.29) is 11.7 Å². The van der Waals surface area contributed by atoms with Crippen LogP contribution in [0, 0.1) is 0 Å². The number of pyridine rings is 1. The van der Waals surface area contributed by atoms with Gasteiger partial charge in [-0.05, 0) is 62.0 Å². The summed E-state index contributed by atoms with van der Waals surface area (Å²) in [5, 5.41) is 9.74. The standard InChI is InChI=1S/C24H27N3O2/c1-5-19-21-8-6-7-17-15-20(24(29)26(4)14-13-25(2)3)23(27(17)21)22(19)16-9-11-18(28)12-10-16/h6-12,15,28H,5,13-14H2,1-4H3. The van der Waals surface area contributed by atoms with Gasteiger partial charge in [-0.2, -0.15) is 0 Å². The Kier molecular flexibility index (Phi) is 4.92. The first-order valence-corrected chi connectivity index (χ1v) is 10.00. The Hall–Kier alpha value is -3.05. The van der Waals surface area contributed by atoms with E-state index in [1.807, 2.05) is 45.4 Å². The molecule has 0 atom stereocenters. The molecule has 1 amide bonds. The van der Waals surface area contributed by atoms with Crippen LogP contribution >= 0.6 is 0 Å². The van der Waals surface area contributed by atoms with Crippen molar-refractivity contribution in [3.8, 4) is 16.9 Å². The van der Waals surface area contributed by atoms with Gasteiger partial charge in [-0.25, -0.2) is 0 Å². The monoisotopic (exact) mass is 389 g/mol. The number of aryl methyl sites for hydroxylation is 1. The number of aromatic nitrogens is 1. The average molecular weight is 389 g/mol. The maximum atomic E-state index is 13.4. The zero-order valence-electron chi connectivity index (χ0n) is 17.4. The lowest BCUT2D eigenvalue weighted by molar-refractivity contribution is 0.0788. The number of aromatic hydroxyl groups is 1. The Morgan fingerprint density at radius 2 is 1.76 bits per heavy atom. The lowest BCUT2D eigenvalue weighted by Gasteiger charge is -2.19. The number of likely N-dealkylation sites (N-methyl/N-ethyl adjacent to an activating group) is 2.